The molecule has 0 bridgehead atoms. The van der Waals surface area contributed by atoms with Crippen LogP contribution in [-0.4, -0.2) is 65.6 Å². The van der Waals surface area contributed by atoms with E-state index >= 15 is 0 Å². The lowest BCUT2D eigenvalue weighted by molar-refractivity contribution is 0.0944. The number of piperazine rings is 1. The molecule has 3 N–H and O–H groups in total. The van der Waals surface area contributed by atoms with Crippen LogP contribution in [0.5, 0.6) is 0 Å². The molecule has 1 aliphatic rings. The molecule has 2 rings (SSSR count). The highest BCUT2D eigenvalue weighted by Gasteiger charge is 2.24. The van der Waals surface area contributed by atoms with Crippen LogP contribution in [0.3, 0.4) is 0 Å². The maximum Gasteiger partial charge on any atom is 0.221 e. The normalized spacial score (nSPS) is 19.2. The van der Waals surface area contributed by atoms with Gasteiger partial charge in [-0.3, -0.25) is 4.90 Å². The van der Waals surface area contributed by atoms with E-state index in [1.165, 1.54) is 0 Å². The fourth-order valence-electron chi connectivity index (χ4n) is 2.62. The molecule has 1 saturated heterocycles. The maximum atomic E-state index is 5.60. The Balaban J connectivity index is 1.92. The van der Waals surface area contributed by atoms with Crippen molar-refractivity contribution in [3.8, 4) is 0 Å². The first-order chi connectivity index (χ1) is 9.56. The van der Waals surface area contributed by atoms with Gasteiger partial charge in [0.1, 0.15) is 5.82 Å². The molecule has 1 fully saturated rings. The first-order valence-corrected chi connectivity index (χ1v) is 7.31. The van der Waals surface area contributed by atoms with Gasteiger partial charge in [0.2, 0.25) is 5.95 Å². The lowest BCUT2D eigenvalue weighted by Gasteiger charge is -2.40. The van der Waals surface area contributed by atoms with Gasteiger partial charge in [-0.15, -0.1) is 0 Å². The number of nitrogens with one attached hydrogen (secondary N) is 1. The number of nitrogens with two attached hydrogens (primary N) is 1. The molecule has 20 heavy (non-hydrogen) atoms. The lowest BCUT2D eigenvalue weighted by atomic mass is 10.0. The molecule has 0 radical (unpaired) electrons. The van der Waals surface area contributed by atoms with Gasteiger partial charge < -0.3 is 16.0 Å². The first-order valence-electron chi connectivity index (χ1n) is 7.31. The zero-order chi connectivity index (χ0) is 14.5. The number of likely N-dealkylation sites (N-methyl/N-ethyl adjacent to an activating group) is 1. The number of hydrogen-bond acceptors (Lipinski definition) is 6. The van der Waals surface area contributed by atoms with Crippen LogP contribution in [0.15, 0.2) is 12.3 Å². The summed E-state index contributed by atoms with van der Waals surface area (Å²) in [5.41, 5.74) is 5.60. The van der Waals surface area contributed by atoms with Crippen molar-refractivity contribution in [2.24, 2.45) is 5.92 Å². The van der Waals surface area contributed by atoms with E-state index in [2.05, 4.69) is 46.0 Å². The Morgan fingerprint density at radius 2 is 2.00 bits per heavy atom. The molecule has 6 heteroatoms. The molecule has 2 heterocycles. The Bertz CT molecular complexity index is 414. The van der Waals surface area contributed by atoms with Crippen LogP contribution in [0.2, 0.25) is 0 Å². The van der Waals surface area contributed by atoms with Gasteiger partial charge in [-0.2, -0.15) is 4.98 Å². The molecule has 1 unspecified atom stereocenters. The zero-order valence-corrected chi connectivity index (χ0v) is 12.7. The molecule has 0 saturated carbocycles. The van der Waals surface area contributed by atoms with Gasteiger partial charge in [0, 0.05) is 45.0 Å². The largest absolute Gasteiger partial charge is 0.368 e. The van der Waals surface area contributed by atoms with Crippen molar-refractivity contribution in [3.63, 3.8) is 0 Å². The monoisotopic (exact) mass is 278 g/mol. The summed E-state index contributed by atoms with van der Waals surface area (Å²) in [7, 11) is 2.18. The molecule has 1 aromatic rings. The van der Waals surface area contributed by atoms with E-state index in [0.717, 1.165) is 38.5 Å². The van der Waals surface area contributed by atoms with Crippen molar-refractivity contribution in [1.82, 2.24) is 19.8 Å². The Labute approximate surface area is 121 Å². The van der Waals surface area contributed by atoms with Gasteiger partial charge in [-0.25, -0.2) is 4.98 Å². The smallest absolute Gasteiger partial charge is 0.221 e. The van der Waals surface area contributed by atoms with Crippen LogP contribution in [0.25, 0.3) is 0 Å². The van der Waals surface area contributed by atoms with E-state index < -0.39 is 0 Å². The minimum absolute atomic E-state index is 0.315. The standard InChI is InChI=1S/C14H26N6/c1-11(2)12(20-8-6-19(3)7-9-20)10-17-13-4-5-16-14(15)18-13/h4-5,11-12H,6-10H2,1-3H3,(H3,15,16,17,18). The average Bonchev–Trinajstić information content (AvgIpc) is 2.41. The second kappa shape index (κ2) is 6.85. The minimum atomic E-state index is 0.315. The third kappa shape index (κ3) is 4.05. The summed E-state index contributed by atoms with van der Waals surface area (Å²) in [5.74, 6) is 1.72. The summed E-state index contributed by atoms with van der Waals surface area (Å²) in [6.45, 7) is 9.99. The molecule has 1 aromatic heterocycles. The predicted molar refractivity (Wildman–Crippen MR) is 82.6 cm³/mol. The Morgan fingerprint density at radius 3 is 2.60 bits per heavy atom. The van der Waals surface area contributed by atoms with Gasteiger partial charge >= 0.3 is 0 Å². The quantitative estimate of drug-likeness (QED) is 0.828. The first kappa shape index (κ1) is 15.0. The molecule has 1 aliphatic heterocycles. The van der Waals surface area contributed by atoms with Crippen LogP contribution in [-0.2, 0) is 0 Å². The maximum absolute atomic E-state index is 5.60. The zero-order valence-electron chi connectivity index (χ0n) is 12.7. The number of aromatic nitrogens is 2. The molecule has 112 valence electrons. The van der Waals surface area contributed by atoms with E-state index in [-0.39, 0.29) is 0 Å². The van der Waals surface area contributed by atoms with E-state index in [9.17, 15) is 0 Å². The van der Waals surface area contributed by atoms with E-state index in [1.54, 1.807) is 6.20 Å². The van der Waals surface area contributed by atoms with Crippen LogP contribution in [0, 0.1) is 5.92 Å². The fraction of sp³-hybridized carbons (Fsp3) is 0.714. The lowest BCUT2D eigenvalue weighted by Crippen LogP contribution is -2.52. The molecular weight excluding hydrogens is 252 g/mol. The molecule has 0 aromatic carbocycles. The van der Waals surface area contributed by atoms with Crippen LogP contribution in [0.1, 0.15) is 13.8 Å². The second-order valence-electron chi connectivity index (χ2n) is 5.83. The molecule has 0 amide bonds. The highest BCUT2D eigenvalue weighted by Crippen LogP contribution is 2.14. The fourth-order valence-corrected chi connectivity index (χ4v) is 2.62. The van der Waals surface area contributed by atoms with Gasteiger partial charge in [0.05, 0.1) is 0 Å². The highest BCUT2D eigenvalue weighted by atomic mass is 15.3. The summed E-state index contributed by atoms with van der Waals surface area (Å²) < 4.78 is 0. The van der Waals surface area contributed by atoms with Crippen molar-refractivity contribution in [2.45, 2.75) is 19.9 Å². The highest BCUT2D eigenvalue weighted by molar-refractivity contribution is 5.37. The third-order valence-electron chi connectivity index (χ3n) is 3.94. The van der Waals surface area contributed by atoms with E-state index in [4.69, 9.17) is 5.73 Å². The average molecular weight is 278 g/mol. The van der Waals surface area contributed by atoms with Crippen LogP contribution in [0.4, 0.5) is 11.8 Å². The van der Waals surface area contributed by atoms with Gasteiger partial charge in [-0.1, -0.05) is 13.8 Å². The summed E-state index contributed by atoms with van der Waals surface area (Å²) in [6, 6.07) is 2.37. The number of anilines is 2. The minimum Gasteiger partial charge on any atom is -0.368 e. The summed E-state index contributed by atoms with van der Waals surface area (Å²) in [5, 5.41) is 3.39. The molecule has 6 nitrogen and oxygen atoms in total. The van der Waals surface area contributed by atoms with Crippen molar-refractivity contribution in [1.29, 1.82) is 0 Å². The topological polar surface area (TPSA) is 70.3 Å². The van der Waals surface area contributed by atoms with Gasteiger partial charge in [-0.05, 0) is 19.0 Å². The Kier molecular flexibility index (Phi) is 5.14. The summed E-state index contributed by atoms with van der Waals surface area (Å²) in [6.07, 6.45) is 1.69. The predicted octanol–water partition coefficient (Wildman–Crippen LogP) is 0.743. The van der Waals surface area contributed by atoms with Crippen LogP contribution >= 0.6 is 0 Å². The van der Waals surface area contributed by atoms with Gasteiger partial charge in [0.25, 0.3) is 0 Å². The molecular formula is C14H26N6. The summed E-state index contributed by atoms with van der Waals surface area (Å²) in [4.78, 5) is 13.1. The van der Waals surface area contributed by atoms with Gasteiger partial charge in [0.15, 0.2) is 0 Å². The Hall–Kier alpha value is -1.40. The van der Waals surface area contributed by atoms with Crippen LogP contribution < -0.4 is 11.1 Å². The SMILES string of the molecule is CC(C)C(CNc1ccnc(N)n1)N1CCN(C)CC1. The van der Waals surface area contributed by atoms with Crippen molar-refractivity contribution in [2.75, 3.05) is 50.8 Å². The van der Waals surface area contributed by atoms with Crippen molar-refractivity contribution >= 4 is 11.8 Å². The van der Waals surface area contributed by atoms with E-state index in [1.807, 2.05) is 6.07 Å². The van der Waals surface area contributed by atoms with Crippen molar-refractivity contribution in [3.05, 3.63) is 12.3 Å². The summed E-state index contributed by atoms with van der Waals surface area (Å²) >= 11 is 0. The number of nitrogen functional groups attached to an aromatic ring is 1. The van der Waals surface area contributed by atoms with E-state index in [0.29, 0.717) is 17.9 Å². The third-order valence-corrected chi connectivity index (χ3v) is 3.94. The molecule has 0 aliphatic carbocycles. The Morgan fingerprint density at radius 1 is 1.30 bits per heavy atom. The molecule has 1 atom stereocenters. The number of rotatable bonds is 5. The van der Waals surface area contributed by atoms with Crippen molar-refractivity contribution < 1.29 is 0 Å². The number of nitrogens with zero attached hydrogens (tertiary/aromatic N) is 4. The number of hydrogen-bond donors (Lipinski definition) is 2. The molecule has 0 spiro atoms. The second-order valence-corrected chi connectivity index (χ2v) is 5.83.